The Labute approximate surface area is 121 Å². The lowest BCUT2D eigenvalue weighted by Gasteiger charge is -2.17. The molecular formula is C17H23NO2. The molecule has 0 saturated carbocycles. The molecule has 20 heavy (non-hydrogen) atoms. The molecule has 1 aromatic carbocycles. The molecule has 1 aromatic heterocycles. The monoisotopic (exact) mass is 273 g/mol. The van der Waals surface area contributed by atoms with Crippen molar-refractivity contribution < 1.29 is 9.15 Å². The number of hydrogen-bond donors (Lipinski definition) is 1. The van der Waals surface area contributed by atoms with Crippen LogP contribution in [0.15, 0.2) is 47.1 Å². The Hall–Kier alpha value is -1.74. The highest BCUT2D eigenvalue weighted by molar-refractivity contribution is 5.27. The van der Waals surface area contributed by atoms with Crippen LogP contribution in [-0.4, -0.2) is 19.7 Å². The molecule has 0 aliphatic carbocycles. The average Bonchev–Trinajstić information content (AvgIpc) is 2.99. The number of aryl methyl sites for hydroxylation is 1. The van der Waals surface area contributed by atoms with Gasteiger partial charge in [-0.05, 0) is 49.2 Å². The highest BCUT2D eigenvalue weighted by atomic mass is 16.5. The number of likely N-dealkylation sites (N-methyl/N-ethyl adjacent to an activating group) is 1. The molecule has 1 heterocycles. The van der Waals surface area contributed by atoms with Crippen LogP contribution in [0.3, 0.4) is 0 Å². The molecule has 108 valence electrons. The van der Waals surface area contributed by atoms with Crippen LogP contribution >= 0.6 is 0 Å². The first-order valence-electron chi connectivity index (χ1n) is 7.20. The van der Waals surface area contributed by atoms with E-state index in [1.807, 2.05) is 24.3 Å². The summed E-state index contributed by atoms with van der Waals surface area (Å²) in [6.07, 6.45) is 4.81. The molecule has 0 spiro atoms. The normalized spacial score (nSPS) is 12.3. The number of methoxy groups -OCH3 is 1. The van der Waals surface area contributed by atoms with E-state index < -0.39 is 0 Å². The zero-order valence-electron chi connectivity index (χ0n) is 12.3. The Bertz CT molecular complexity index is 476. The second kappa shape index (κ2) is 7.75. The maximum Gasteiger partial charge on any atom is 0.118 e. The van der Waals surface area contributed by atoms with Crippen molar-refractivity contribution in [3.63, 3.8) is 0 Å². The molecule has 0 aliphatic rings. The van der Waals surface area contributed by atoms with E-state index in [0.717, 1.165) is 37.3 Å². The maximum absolute atomic E-state index is 5.40. The summed E-state index contributed by atoms with van der Waals surface area (Å²) in [4.78, 5) is 0. The molecule has 3 heteroatoms. The van der Waals surface area contributed by atoms with Crippen LogP contribution in [0.1, 0.15) is 24.7 Å². The van der Waals surface area contributed by atoms with Crippen molar-refractivity contribution in [2.24, 2.45) is 0 Å². The summed E-state index contributed by atoms with van der Waals surface area (Å²) in [7, 11) is 1.69. The molecule has 1 unspecified atom stereocenters. The number of hydrogen-bond acceptors (Lipinski definition) is 3. The Morgan fingerprint density at radius 1 is 1.20 bits per heavy atom. The highest BCUT2D eigenvalue weighted by Crippen LogP contribution is 2.15. The fourth-order valence-corrected chi connectivity index (χ4v) is 2.38. The quantitative estimate of drug-likeness (QED) is 0.800. The molecule has 1 N–H and O–H groups in total. The third-order valence-electron chi connectivity index (χ3n) is 3.45. The Morgan fingerprint density at radius 3 is 2.60 bits per heavy atom. The van der Waals surface area contributed by atoms with Crippen molar-refractivity contribution in [1.29, 1.82) is 0 Å². The van der Waals surface area contributed by atoms with Crippen LogP contribution in [0.5, 0.6) is 5.75 Å². The van der Waals surface area contributed by atoms with E-state index in [4.69, 9.17) is 9.15 Å². The molecule has 0 aliphatic heterocycles. The molecule has 3 nitrogen and oxygen atoms in total. The molecule has 2 aromatic rings. The standard InChI is InChI=1S/C17H23NO2/c1-3-18-15(8-11-17-5-4-12-20-17)13-14-6-9-16(19-2)10-7-14/h4-7,9-10,12,15,18H,3,8,11,13H2,1-2H3. The fraction of sp³-hybridized carbons (Fsp3) is 0.412. The number of benzene rings is 1. The molecule has 0 saturated heterocycles. The summed E-state index contributed by atoms with van der Waals surface area (Å²) >= 11 is 0. The van der Waals surface area contributed by atoms with Crippen molar-refractivity contribution in [3.8, 4) is 5.75 Å². The van der Waals surface area contributed by atoms with Gasteiger partial charge in [0.1, 0.15) is 11.5 Å². The van der Waals surface area contributed by atoms with Crippen molar-refractivity contribution in [1.82, 2.24) is 5.32 Å². The lowest BCUT2D eigenvalue weighted by molar-refractivity contribution is 0.414. The Kier molecular flexibility index (Phi) is 5.69. The minimum absolute atomic E-state index is 0.471. The van der Waals surface area contributed by atoms with Gasteiger partial charge in [-0.25, -0.2) is 0 Å². The smallest absolute Gasteiger partial charge is 0.118 e. The minimum Gasteiger partial charge on any atom is -0.497 e. The summed E-state index contributed by atoms with van der Waals surface area (Å²) < 4.78 is 10.6. The van der Waals surface area contributed by atoms with E-state index in [1.165, 1.54) is 5.56 Å². The van der Waals surface area contributed by atoms with Crippen molar-refractivity contribution >= 4 is 0 Å². The summed E-state index contributed by atoms with van der Waals surface area (Å²) in [5.41, 5.74) is 1.33. The van der Waals surface area contributed by atoms with Crippen LogP contribution < -0.4 is 10.1 Å². The summed E-state index contributed by atoms with van der Waals surface area (Å²) in [6, 6.07) is 12.8. The predicted octanol–water partition coefficient (Wildman–Crippen LogP) is 3.44. The number of furan rings is 1. The Morgan fingerprint density at radius 2 is 2.00 bits per heavy atom. The third kappa shape index (κ3) is 4.42. The van der Waals surface area contributed by atoms with Crippen LogP contribution in [0.4, 0.5) is 0 Å². The van der Waals surface area contributed by atoms with Crippen LogP contribution in [0, 0.1) is 0 Å². The number of nitrogens with one attached hydrogen (secondary N) is 1. The zero-order valence-corrected chi connectivity index (χ0v) is 12.3. The second-order valence-electron chi connectivity index (χ2n) is 4.92. The average molecular weight is 273 g/mol. The second-order valence-corrected chi connectivity index (χ2v) is 4.92. The lowest BCUT2D eigenvalue weighted by atomic mass is 10.0. The molecule has 0 amide bonds. The van der Waals surface area contributed by atoms with Gasteiger partial charge < -0.3 is 14.5 Å². The molecular weight excluding hydrogens is 250 g/mol. The third-order valence-corrected chi connectivity index (χ3v) is 3.45. The summed E-state index contributed by atoms with van der Waals surface area (Å²) in [5.74, 6) is 1.96. The van der Waals surface area contributed by atoms with Crippen LogP contribution in [0.25, 0.3) is 0 Å². The van der Waals surface area contributed by atoms with Crippen molar-refractivity contribution in [2.75, 3.05) is 13.7 Å². The first-order chi connectivity index (χ1) is 9.81. The van der Waals surface area contributed by atoms with Crippen LogP contribution in [-0.2, 0) is 12.8 Å². The first kappa shape index (κ1) is 14.7. The molecule has 2 rings (SSSR count). The molecule has 0 radical (unpaired) electrons. The highest BCUT2D eigenvalue weighted by Gasteiger charge is 2.10. The molecule has 0 bridgehead atoms. The SMILES string of the molecule is CCNC(CCc1ccco1)Cc1ccc(OC)cc1. The minimum atomic E-state index is 0.471. The van der Waals surface area contributed by atoms with E-state index >= 15 is 0 Å². The molecule has 1 atom stereocenters. The first-order valence-corrected chi connectivity index (χ1v) is 7.20. The van der Waals surface area contributed by atoms with Gasteiger partial charge in [0.2, 0.25) is 0 Å². The van der Waals surface area contributed by atoms with Gasteiger partial charge in [0, 0.05) is 12.5 Å². The van der Waals surface area contributed by atoms with Gasteiger partial charge in [0.25, 0.3) is 0 Å². The Balaban J connectivity index is 1.90. The van der Waals surface area contributed by atoms with Gasteiger partial charge >= 0.3 is 0 Å². The van der Waals surface area contributed by atoms with Crippen LogP contribution in [0.2, 0.25) is 0 Å². The van der Waals surface area contributed by atoms with Gasteiger partial charge in [-0.1, -0.05) is 19.1 Å². The fourth-order valence-electron chi connectivity index (χ4n) is 2.38. The number of rotatable bonds is 8. The van der Waals surface area contributed by atoms with Gasteiger partial charge in [0.15, 0.2) is 0 Å². The molecule has 0 fully saturated rings. The number of ether oxygens (including phenoxy) is 1. The van der Waals surface area contributed by atoms with Crippen molar-refractivity contribution in [2.45, 2.75) is 32.2 Å². The summed E-state index contributed by atoms with van der Waals surface area (Å²) in [6.45, 7) is 3.13. The zero-order chi connectivity index (χ0) is 14.2. The maximum atomic E-state index is 5.40. The van der Waals surface area contributed by atoms with Gasteiger partial charge in [-0.3, -0.25) is 0 Å². The van der Waals surface area contributed by atoms with Gasteiger partial charge in [0.05, 0.1) is 13.4 Å². The lowest BCUT2D eigenvalue weighted by Crippen LogP contribution is -2.31. The van der Waals surface area contributed by atoms with E-state index in [2.05, 4.69) is 24.4 Å². The van der Waals surface area contributed by atoms with Gasteiger partial charge in [-0.15, -0.1) is 0 Å². The van der Waals surface area contributed by atoms with Crippen molar-refractivity contribution in [3.05, 3.63) is 54.0 Å². The largest absolute Gasteiger partial charge is 0.497 e. The van der Waals surface area contributed by atoms with E-state index in [-0.39, 0.29) is 0 Å². The predicted molar refractivity (Wildman–Crippen MR) is 81.2 cm³/mol. The summed E-state index contributed by atoms with van der Waals surface area (Å²) in [5, 5.41) is 3.55. The van der Waals surface area contributed by atoms with E-state index in [1.54, 1.807) is 13.4 Å². The van der Waals surface area contributed by atoms with Gasteiger partial charge in [-0.2, -0.15) is 0 Å². The van der Waals surface area contributed by atoms with E-state index in [9.17, 15) is 0 Å². The topological polar surface area (TPSA) is 34.4 Å². The van der Waals surface area contributed by atoms with E-state index in [0.29, 0.717) is 6.04 Å².